The lowest BCUT2D eigenvalue weighted by molar-refractivity contribution is 0.590. The minimum atomic E-state index is 0.156. The van der Waals surface area contributed by atoms with E-state index in [9.17, 15) is 0 Å². The summed E-state index contributed by atoms with van der Waals surface area (Å²) in [6.45, 7) is 8.64. The molecule has 1 heterocycles. The van der Waals surface area contributed by atoms with Gasteiger partial charge in [-0.1, -0.05) is 39.8 Å². The van der Waals surface area contributed by atoms with Gasteiger partial charge in [-0.3, -0.25) is 4.57 Å². The zero-order valence-corrected chi connectivity index (χ0v) is 12.0. The fourth-order valence-corrected chi connectivity index (χ4v) is 2.12. The minimum absolute atomic E-state index is 0.156. The first-order chi connectivity index (χ1) is 8.43. The summed E-state index contributed by atoms with van der Waals surface area (Å²) in [7, 11) is 0. The predicted octanol–water partition coefficient (Wildman–Crippen LogP) is 3.78. The molecule has 0 aliphatic heterocycles. The number of aromatic nitrogens is 3. The summed E-state index contributed by atoms with van der Waals surface area (Å²) in [5, 5.41) is 8.39. The van der Waals surface area contributed by atoms with Crippen LogP contribution in [0.15, 0.2) is 24.3 Å². The van der Waals surface area contributed by atoms with Crippen molar-refractivity contribution < 1.29 is 0 Å². The molecule has 1 aromatic carbocycles. The highest BCUT2D eigenvalue weighted by Gasteiger charge is 2.15. The van der Waals surface area contributed by atoms with E-state index in [1.807, 2.05) is 11.5 Å². The van der Waals surface area contributed by atoms with Crippen LogP contribution in [-0.2, 0) is 11.8 Å². The number of hydrogen-bond donors (Lipinski definition) is 0. The molecule has 0 N–H and O–H groups in total. The van der Waals surface area contributed by atoms with Crippen LogP contribution in [0.4, 0.5) is 0 Å². The van der Waals surface area contributed by atoms with Crippen LogP contribution in [-0.4, -0.2) is 14.8 Å². The molecule has 0 aliphatic carbocycles. The molecule has 0 aliphatic rings. The Morgan fingerprint density at radius 2 is 1.72 bits per heavy atom. The average Bonchev–Trinajstić information content (AvgIpc) is 2.69. The standard InChI is InChI=1S/C14H18ClN3/c1-5-12-16-17-13(15)18(12)11-8-6-10(7-9-11)14(2,3)4/h6-9H,5H2,1-4H3. The van der Waals surface area contributed by atoms with Crippen LogP contribution < -0.4 is 0 Å². The Kier molecular flexibility index (Phi) is 3.44. The van der Waals surface area contributed by atoms with E-state index in [4.69, 9.17) is 11.6 Å². The SMILES string of the molecule is CCc1nnc(Cl)n1-c1ccc(C(C)(C)C)cc1. The van der Waals surface area contributed by atoms with Gasteiger partial charge in [-0.15, -0.1) is 10.2 Å². The van der Waals surface area contributed by atoms with Crippen molar-refractivity contribution in [3.8, 4) is 5.69 Å². The molecule has 0 amide bonds. The Hall–Kier alpha value is -1.35. The molecule has 0 fully saturated rings. The summed E-state index contributed by atoms with van der Waals surface area (Å²) in [6, 6.07) is 8.39. The van der Waals surface area contributed by atoms with Crippen molar-refractivity contribution in [1.29, 1.82) is 0 Å². The van der Waals surface area contributed by atoms with Gasteiger partial charge in [0.1, 0.15) is 5.82 Å². The summed E-state index contributed by atoms with van der Waals surface area (Å²) >= 11 is 6.08. The van der Waals surface area contributed by atoms with Gasteiger partial charge in [0.2, 0.25) is 5.28 Å². The lowest BCUT2D eigenvalue weighted by Crippen LogP contribution is -2.11. The Labute approximate surface area is 113 Å². The zero-order chi connectivity index (χ0) is 13.3. The van der Waals surface area contributed by atoms with Crippen molar-refractivity contribution in [2.75, 3.05) is 0 Å². The van der Waals surface area contributed by atoms with E-state index in [1.54, 1.807) is 0 Å². The fourth-order valence-electron chi connectivity index (χ4n) is 1.89. The summed E-state index contributed by atoms with van der Waals surface area (Å²) in [5.41, 5.74) is 2.46. The Morgan fingerprint density at radius 3 is 2.22 bits per heavy atom. The first-order valence-corrected chi connectivity index (χ1v) is 6.52. The number of halogens is 1. The van der Waals surface area contributed by atoms with Crippen molar-refractivity contribution in [3.63, 3.8) is 0 Å². The lowest BCUT2D eigenvalue weighted by Gasteiger charge is -2.19. The van der Waals surface area contributed by atoms with E-state index >= 15 is 0 Å². The molecular formula is C14H18ClN3. The zero-order valence-electron chi connectivity index (χ0n) is 11.2. The third-order valence-corrected chi connectivity index (χ3v) is 3.24. The lowest BCUT2D eigenvalue weighted by atomic mass is 9.87. The molecule has 0 spiro atoms. The van der Waals surface area contributed by atoms with Gasteiger partial charge in [0, 0.05) is 12.1 Å². The van der Waals surface area contributed by atoms with Crippen LogP contribution in [0.2, 0.25) is 5.28 Å². The van der Waals surface area contributed by atoms with Crippen LogP contribution in [0.3, 0.4) is 0 Å². The van der Waals surface area contributed by atoms with Crippen LogP contribution in [0.25, 0.3) is 5.69 Å². The molecule has 1 aromatic heterocycles. The molecule has 0 bridgehead atoms. The second kappa shape index (κ2) is 4.73. The van der Waals surface area contributed by atoms with E-state index in [0.29, 0.717) is 5.28 Å². The van der Waals surface area contributed by atoms with Gasteiger partial charge in [-0.2, -0.15) is 0 Å². The Morgan fingerprint density at radius 1 is 1.11 bits per heavy atom. The number of aryl methyl sites for hydroxylation is 1. The quantitative estimate of drug-likeness (QED) is 0.826. The summed E-state index contributed by atoms with van der Waals surface area (Å²) in [4.78, 5) is 0. The van der Waals surface area contributed by atoms with Crippen molar-refractivity contribution in [1.82, 2.24) is 14.8 Å². The normalized spacial score (nSPS) is 11.8. The highest BCUT2D eigenvalue weighted by atomic mass is 35.5. The van der Waals surface area contributed by atoms with Gasteiger partial charge < -0.3 is 0 Å². The monoisotopic (exact) mass is 263 g/mol. The molecule has 0 unspecified atom stereocenters. The minimum Gasteiger partial charge on any atom is -0.270 e. The van der Waals surface area contributed by atoms with Crippen molar-refractivity contribution in [2.24, 2.45) is 0 Å². The Balaban J connectivity index is 2.43. The molecule has 18 heavy (non-hydrogen) atoms. The molecular weight excluding hydrogens is 246 g/mol. The second-order valence-electron chi connectivity index (χ2n) is 5.37. The van der Waals surface area contributed by atoms with Gasteiger partial charge >= 0.3 is 0 Å². The smallest absolute Gasteiger partial charge is 0.229 e. The molecule has 0 atom stereocenters. The first kappa shape index (κ1) is 13.1. The maximum atomic E-state index is 6.08. The maximum Gasteiger partial charge on any atom is 0.229 e. The van der Waals surface area contributed by atoms with E-state index in [2.05, 4.69) is 55.2 Å². The van der Waals surface area contributed by atoms with E-state index < -0.39 is 0 Å². The highest BCUT2D eigenvalue weighted by Crippen LogP contribution is 2.24. The third-order valence-electron chi connectivity index (χ3n) is 3.00. The second-order valence-corrected chi connectivity index (χ2v) is 5.71. The van der Waals surface area contributed by atoms with Crippen molar-refractivity contribution in [3.05, 3.63) is 40.9 Å². The van der Waals surface area contributed by atoms with Crippen molar-refractivity contribution in [2.45, 2.75) is 39.5 Å². The van der Waals surface area contributed by atoms with E-state index in [1.165, 1.54) is 5.56 Å². The van der Waals surface area contributed by atoms with E-state index in [-0.39, 0.29) is 5.41 Å². The van der Waals surface area contributed by atoms with E-state index in [0.717, 1.165) is 17.9 Å². The van der Waals surface area contributed by atoms with Gasteiger partial charge in [-0.25, -0.2) is 0 Å². The average molecular weight is 264 g/mol. The molecule has 2 aromatic rings. The topological polar surface area (TPSA) is 30.7 Å². The summed E-state index contributed by atoms with van der Waals surface area (Å²) in [5.74, 6) is 0.878. The summed E-state index contributed by atoms with van der Waals surface area (Å²) < 4.78 is 1.88. The molecule has 4 heteroatoms. The molecule has 0 saturated heterocycles. The van der Waals surface area contributed by atoms with Gasteiger partial charge in [0.05, 0.1) is 0 Å². The van der Waals surface area contributed by atoms with Crippen LogP contribution in [0.1, 0.15) is 39.1 Å². The predicted molar refractivity (Wildman–Crippen MR) is 74.4 cm³/mol. The van der Waals surface area contributed by atoms with Crippen molar-refractivity contribution >= 4 is 11.6 Å². The maximum absolute atomic E-state index is 6.08. The van der Waals surface area contributed by atoms with Gasteiger partial charge in [0.15, 0.2) is 0 Å². The number of rotatable bonds is 2. The van der Waals surface area contributed by atoms with Gasteiger partial charge in [0.25, 0.3) is 0 Å². The fraction of sp³-hybridized carbons (Fsp3) is 0.429. The van der Waals surface area contributed by atoms with Crippen LogP contribution in [0, 0.1) is 0 Å². The number of hydrogen-bond acceptors (Lipinski definition) is 2. The molecule has 3 nitrogen and oxygen atoms in total. The third kappa shape index (κ3) is 2.41. The Bertz CT molecular complexity index is 535. The molecule has 0 radical (unpaired) electrons. The first-order valence-electron chi connectivity index (χ1n) is 6.14. The summed E-state index contributed by atoms with van der Waals surface area (Å²) in [6.07, 6.45) is 0.806. The largest absolute Gasteiger partial charge is 0.270 e. The number of nitrogens with zero attached hydrogens (tertiary/aromatic N) is 3. The highest BCUT2D eigenvalue weighted by molar-refractivity contribution is 6.28. The van der Waals surface area contributed by atoms with Crippen LogP contribution >= 0.6 is 11.6 Å². The molecule has 0 saturated carbocycles. The number of benzene rings is 1. The van der Waals surface area contributed by atoms with Crippen LogP contribution in [0.5, 0.6) is 0 Å². The van der Waals surface area contributed by atoms with Gasteiger partial charge in [-0.05, 0) is 34.7 Å². The molecule has 96 valence electrons. The molecule has 2 rings (SSSR count).